The summed E-state index contributed by atoms with van der Waals surface area (Å²) in [5.41, 5.74) is 0.190. The van der Waals surface area contributed by atoms with Gasteiger partial charge in [-0.25, -0.2) is 4.79 Å². The summed E-state index contributed by atoms with van der Waals surface area (Å²) in [6.45, 7) is 1.77. The van der Waals surface area contributed by atoms with Crippen LogP contribution in [0.4, 0.5) is 0 Å². The van der Waals surface area contributed by atoms with Crippen molar-refractivity contribution in [1.82, 2.24) is 0 Å². The highest BCUT2D eigenvalue weighted by atomic mass is 16.5. The zero-order valence-corrected chi connectivity index (χ0v) is 9.42. The van der Waals surface area contributed by atoms with Crippen LogP contribution in [0, 0.1) is 0 Å². The molecule has 0 saturated carbocycles. The van der Waals surface area contributed by atoms with Crippen molar-refractivity contribution in [2.45, 2.75) is 25.9 Å². The Hall–Kier alpha value is -2.04. The third kappa shape index (κ3) is 4.55. The molecule has 0 amide bonds. The van der Waals surface area contributed by atoms with Gasteiger partial charge in [0.05, 0.1) is 11.7 Å². The molecule has 1 unspecified atom stereocenters. The van der Waals surface area contributed by atoms with Crippen molar-refractivity contribution >= 4 is 11.9 Å². The van der Waals surface area contributed by atoms with Gasteiger partial charge in [0.1, 0.15) is 5.75 Å². The number of carbonyl (C=O) groups is 2. The summed E-state index contributed by atoms with van der Waals surface area (Å²) < 4.78 is 5.44. The molecular formula is C12H14O5. The lowest BCUT2D eigenvalue weighted by molar-refractivity contribution is -0.137. The van der Waals surface area contributed by atoms with Crippen LogP contribution in [-0.4, -0.2) is 28.3 Å². The number of carboxylic acid groups (broad SMARTS) is 2. The van der Waals surface area contributed by atoms with E-state index in [9.17, 15) is 9.59 Å². The molecule has 2 N–H and O–H groups in total. The number of rotatable bonds is 6. The van der Waals surface area contributed by atoms with E-state index in [4.69, 9.17) is 14.9 Å². The zero-order valence-electron chi connectivity index (χ0n) is 9.42. The van der Waals surface area contributed by atoms with Crippen LogP contribution in [0.2, 0.25) is 0 Å². The smallest absolute Gasteiger partial charge is 0.335 e. The predicted molar refractivity (Wildman–Crippen MR) is 60.4 cm³/mol. The minimum atomic E-state index is -0.990. The van der Waals surface area contributed by atoms with E-state index in [1.165, 1.54) is 12.1 Å². The molecule has 0 fully saturated rings. The Bertz CT molecular complexity index is 396. The predicted octanol–water partition coefficient (Wildman–Crippen LogP) is 2.02. The maximum atomic E-state index is 10.6. The Balaban J connectivity index is 2.51. The largest absolute Gasteiger partial charge is 0.491 e. The third-order valence-electron chi connectivity index (χ3n) is 2.20. The van der Waals surface area contributed by atoms with Gasteiger partial charge in [0.15, 0.2) is 0 Å². The maximum Gasteiger partial charge on any atom is 0.335 e. The topological polar surface area (TPSA) is 83.8 Å². The van der Waals surface area contributed by atoms with Crippen LogP contribution >= 0.6 is 0 Å². The van der Waals surface area contributed by atoms with Crippen LogP contribution in [0.3, 0.4) is 0 Å². The first-order valence-electron chi connectivity index (χ1n) is 5.21. The van der Waals surface area contributed by atoms with Gasteiger partial charge in [-0.3, -0.25) is 4.79 Å². The standard InChI is InChI=1S/C12H14O5/c1-8(2-7-11(13)14)17-10-5-3-9(4-6-10)12(15)16/h3-6,8H,2,7H2,1H3,(H,13,14)(H,15,16). The molecule has 0 aliphatic rings. The van der Waals surface area contributed by atoms with Crippen LogP contribution < -0.4 is 4.74 Å². The molecule has 0 spiro atoms. The van der Waals surface area contributed by atoms with Crippen molar-refractivity contribution < 1.29 is 24.5 Å². The lowest BCUT2D eigenvalue weighted by atomic mass is 10.2. The van der Waals surface area contributed by atoms with Gasteiger partial charge in [0.2, 0.25) is 0 Å². The van der Waals surface area contributed by atoms with Gasteiger partial charge in [0, 0.05) is 6.42 Å². The summed E-state index contributed by atoms with van der Waals surface area (Å²) >= 11 is 0. The van der Waals surface area contributed by atoms with E-state index >= 15 is 0 Å². The Kier molecular flexibility index (Phi) is 4.51. The van der Waals surface area contributed by atoms with E-state index in [-0.39, 0.29) is 18.1 Å². The number of ether oxygens (including phenoxy) is 1. The maximum absolute atomic E-state index is 10.6. The first-order chi connectivity index (χ1) is 7.99. The summed E-state index contributed by atoms with van der Waals surface area (Å²) in [6, 6.07) is 6.00. The minimum absolute atomic E-state index is 0.0500. The van der Waals surface area contributed by atoms with Gasteiger partial charge in [-0.05, 0) is 37.6 Å². The molecule has 17 heavy (non-hydrogen) atoms. The number of aromatic carboxylic acids is 1. The van der Waals surface area contributed by atoms with Gasteiger partial charge in [0.25, 0.3) is 0 Å². The Morgan fingerprint density at radius 3 is 2.29 bits per heavy atom. The monoisotopic (exact) mass is 238 g/mol. The van der Waals surface area contributed by atoms with E-state index in [1.54, 1.807) is 19.1 Å². The second-order valence-corrected chi connectivity index (χ2v) is 3.69. The van der Waals surface area contributed by atoms with Crippen LogP contribution in [0.15, 0.2) is 24.3 Å². The molecule has 92 valence electrons. The fraction of sp³-hybridized carbons (Fsp3) is 0.333. The highest BCUT2D eigenvalue weighted by Crippen LogP contribution is 2.15. The molecule has 0 aliphatic carbocycles. The first-order valence-corrected chi connectivity index (χ1v) is 5.21. The molecule has 1 aromatic carbocycles. The second kappa shape index (κ2) is 5.89. The van der Waals surface area contributed by atoms with Crippen molar-refractivity contribution in [3.63, 3.8) is 0 Å². The van der Waals surface area contributed by atoms with Gasteiger partial charge in [-0.15, -0.1) is 0 Å². The third-order valence-corrected chi connectivity index (χ3v) is 2.20. The molecular weight excluding hydrogens is 224 g/mol. The highest BCUT2D eigenvalue weighted by Gasteiger charge is 2.08. The van der Waals surface area contributed by atoms with Crippen LogP contribution in [0.25, 0.3) is 0 Å². The SMILES string of the molecule is CC(CCC(=O)O)Oc1ccc(C(=O)O)cc1. The Labute approximate surface area is 98.6 Å². The summed E-state index contributed by atoms with van der Waals surface area (Å²) in [7, 11) is 0. The highest BCUT2D eigenvalue weighted by molar-refractivity contribution is 5.87. The van der Waals surface area contributed by atoms with Crippen molar-refractivity contribution in [1.29, 1.82) is 0 Å². The van der Waals surface area contributed by atoms with E-state index < -0.39 is 11.9 Å². The molecule has 0 heterocycles. The molecule has 5 heteroatoms. The van der Waals surface area contributed by atoms with E-state index in [2.05, 4.69) is 0 Å². The average molecular weight is 238 g/mol. The van der Waals surface area contributed by atoms with Crippen molar-refractivity contribution in [2.75, 3.05) is 0 Å². The number of carboxylic acids is 2. The van der Waals surface area contributed by atoms with Gasteiger partial charge >= 0.3 is 11.9 Å². The quantitative estimate of drug-likeness (QED) is 0.792. The number of hydrogen-bond donors (Lipinski definition) is 2. The normalized spacial score (nSPS) is 11.8. The molecule has 5 nitrogen and oxygen atoms in total. The molecule has 1 atom stereocenters. The molecule has 0 radical (unpaired) electrons. The van der Waals surface area contributed by atoms with Crippen LogP contribution in [0.1, 0.15) is 30.1 Å². The molecule has 0 bridgehead atoms. The summed E-state index contributed by atoms with van der Waals surface area (Å²) in [5.74, 6) is -1.31. The second-order valence-electron chi connectivity index (χ2n) is 3.69. The van der Waals surface area contributed by atoms with Gasteiger partial charge in [-0.2, -0.15) is 0 Å². The fourth-order valence-corrected chi connectivity index (χ4v) is 1.29. The summed E-state index contributed by atoms with van der Waals surface area (Å²) in [6.07, 6.45) is 0.242. The fourth-order valence-electron chi connectivity index (χ4n) is 1.29. The van der Waals surface area contributed by atoms with E-state index in [0.717, 1.165) is 0 Å². The number of hydrogen-bond acceptors (Lipinski definition) is 3. The van der Waals surface area contributed by atoms with Gasteiger partial charge < -0.3 is 14.9 Å². The van der Waals surface area contributed by atoms with Crippen molar-refractivity contribution in [3.05, 3.63) is 29.8 Å². The Morgan fingerprint density at radius 2 is 1.82 bits per heavy atom. The van der Waals surface area contributed by atoms with E-state index in [1.807, 2.05) is 0 Å². The van der Waals surface area contributed by atoms with E-state index in [0.29, 0.717) is 12.2 Å². The minimum Gasteiger partial charge on any atom is -0.491 e. The summed E-state index contributed by atoms with van der Waals surface area (Å²) in [4.78, 5) is 21.0. The average Bonchev–Trinajstić information content (AvgIpc) is 2.27. The zero-order chi connectivity index (χ0) is 12.8. The summed E-state index contributed by atoms with van der Waals surface area (Å²) in [5, 5.41) is 17.2. The lowest BCUT2D eigenvalue weighted by Crippen LogP contribution is -2.13. The molecule has 1 aromatic rings. The van der Waals surface area contributed by atoms with Crippen molar-refractivity contribution in [3.8, 4) is 5.75 Å². The van der Waals surface area contributed by atoms with Crippen molar-refractivity contribution in [2.24, 2.45) is 0 Å². The number of aliphatic carboxylic acids is 1. The van der Waals surface area contributed by atoms with Crippen LogP contribution in [-0.2, 0) is 4.79 Å². The van der Waals surface area contributed by atoms with Crippen LogP contribution in [0.5, 0.6) is 5.75 Å². The molecule has 0 aromatic heterocycles. The molecule has 0 saturated heterocycles. The molecule has 0 aliphatic heterocycles. The Morgan fingerprint density at radius 1 is 1.24 bits per heavy atom. The number of benzene rings is 1. The van der Waals surface area contributed by atoms with Gasteiger partial charge in [-0.1, -0.05) is 0 Å². The lowest BCUT2D eigenvalue weighted by Gasteiger charge is -2.13. The first kappa shape index (κ1) is 13.0. The molecule has 1 rings (SSSR count).